The Hall–Kier alpha value is -0.160. The van der Waals surface area contributed by atoms with Gasteiger partial charge in [-0.3, -0.25) is 4.55 Å². The molecule has 0 aliphatic rings. The molecule has 0 aromatic rings. The molecule has 0 heterocycles. The van der Waals surface area contributed by atoms with Crippen LogP contribution in [0.1, 0.15) is 0 Å². The van der Waals surface area contributed by atoms with Crippen molar-refractivity contribution in [1.82, 2.24) is 0 Å². The van der Waals surface area contributed by atoms with E-state index in [-0.39, 0.29) is 0 Å². The fourth-order valence-corrected chi connectivity index (χ4v) is 0. The van der Waals surface area contributed by atoms with E-state index in [1.807, 2.05) is 0 Å². The lowest BCUT2D eigenvalue weighted by molar-refractivity contribution is 0.435. The minimum absolute atomic E-state index is 5.17. The van der Waals surface area contributed by atoms with E-state index in [0.29, 0.717) is 0 Å². The van der Waals surface area contributed by atoms with Crippen molar-refractivity contribution in [2.24, 2.45) is 0 Å². The molecular weight excluding hydrogens is 98.1 g/mol. The third-order valence-corrected chi connectivity index (χ3v) is 0. The smallest absolute Gasteiger partial charge is 0.260 e. The molecule has 3 nitrogen and oxygen atoms in total. The molecule has 0 spiro atoms. The lowest BCUT2D eigenvalue weighted by Crippen LogP contribution is -1.80. The van der Waals surface area contributed by atoms with Crippen molar-refractivity contribution in [3.63, 3.8) is 0 Å². The largest absolute Gasteiger partial charge is 0.435 e. The van der Waals surface area contributed by atoms with Crippen LogP contribution in [-0.4, -0.2) is 13.0 Å². The molecule has 0 saturated carbocycles. The van der Waals surface area contributed by atoms with Crippen LogP contribution in [0.3, 0.4) is 0 Å². The molecule has 0 amide bonds. The number of halogens is 1. The maximum atomic E-state index is 10.2. The first kappa shape index (κ1) is 4.84. The van der Waals surface area contributed by atoms with Gasteiger partial charge in [-0.05, 0) is 0 Å². The maximum Gasteiger partial charge on any atom is 0.435 e. The molecule has 0 bridgehead atoms. The molecule has 5 heteroatoms. The lowest BCUT2D eigenvalue weighted by Gasteiger charge is -1.63. The molecule has 0 rings (SSSR count). The average molecular weight is 99.1 g/mol. The van der Waals surface area contributed by atoms with Crippen LogP contribution in [-0.2, 0) is 10.5 Å². The summed E-state index contributed by atoms with van der Waals surface area (Å²) in [6, 6.07) is 0. The highest BCUT2D eigenvalue weighted by atomic mass is 32.3. The minimum atomic E-state index is -5.17. The van der Waals surface area contributed by atoms with Crippen LogP contribution < -0.4 is 0 Å². The molecule has 0 aliphatic heterocycles. The van der Waals surface area contributed by atoms with Gasteiger partial charge in [0.15, 0.2) is 0 Å². The Morgan fingerprint density at radius 1 is 1.60 bits per heavy atom. The first-order valence-corrected chi connectivity index (χ1v) is 2.01. The molecule has 0 aliphatic carbocycles. The topological polar surface area (TPSA) is 54.4 Å². The summed E-state index contributed by atoms with van der Waals surface area (Å²) < 4.78 is 34.1. The molecule has 0 aromatic heterocycles. The van der Waals surface area contributed by atoms with E-state index in [0.717, 1.165) is 0 Å². The van der Waals surface area contributed by atoms with Crippen LogP contribution in [0, 0.1) is 0 Å². The molecular formula is HFO3S. The molecule has 5 heavy (non-hydrogen) atoms. The zero-order valence-corrected chi connectivity index (χ0v) is 2.87. The minimum Gasteiger partial charge on any atom is -0.260 e. The second kappa shape index (κ2) is 0.908. The van der Waals surface area contributed by atoms with Crippen LogP contribution in [0.4, 0.5) is 3.89 Å². The second-order valence-electron chi connectivity index (χ2n) is 0.412. The summed E-state index contributed by atoms with van der Waals surface area (Å²) in [5.41, 5.74) is 0. The SMILES string of the molecule is O=S(=O)(O)[18F]. The van der Waals surface area contributed by atoms with Crippen molar-refractivity contribution in [2.75, 3.05) is 0 Å². The second-order valence-corrected chi connectivity index (χ2v) is 1.24. The molecule has 0 saturated heterocycles. The van der Waals surface area contributed by atoms with Crippen LogP contribution >= 0.6 is 0 Å². The summed E-state index contributed by atoms with van der Waals surface area (Å²) >= 11 is 0. The maximum absolute atomic E-state index is 10.2. The summed E-state index contributed by atoms with van der Waals surface area (Å²) in [5, 5.41) is 0. The van der Waals surface area contributed by atoms with Gasteiger partial charge >= 0.3 is 10.5 Å². The van der Waals surface area contributed by atoms with Gasteiger partial charge in [0.05, 0.1) is 0 Å². The molecule has 32 valence electrons. The fourth-order valence-electron chi connectivity index (χ4n) is 0. The average Bonchev–Trinajstić information content (AvgIpc) is 0.722. The van der Waals surface area contributed by atoms with Crippen molar-refractivity contribution in [3.05, 3.63) is 0 Å². The standard InChI is InChI=1S/FHO3S/c1-5(2,3)4/h(H,2,3,4)/i1-1. The summed E-state index contributed by atoms with van der Waals surface area (Å²) in [7, 11) is -5.17. The van der Waals surface area contributed by atoms with Crippen molar-refractivity contribution >= 4 is 10.5 Å². The molecule has 0 atom stereocenters. The Labute approximate surface area is 28.5 Å². The van der Waals surface area contributed by atoms with E-state index in [2.05, 4.69) is 0 Å². The Morgan fingerprint density at radius 3 is 1.60 bits per heavy atom. The lowest BCUT2D eigenvalue weighted by atomic mass is 15.9. The van der Waals surface area contributed by atoms with E-state index >= 15 is 0 Å². The van der Waals surface area contributed by atoms with Gasteiger partial charge < -0.3 is 0 Å². The Kier molecular flexibility index (Phi) is 0.879. The highest BCUT2D eigenvalue weighted by Crippen LogP contribution is 1.74. The van der Waals surface area contributed by atoms with Gasteiger partial charge in [0, 0.05) is 0 Å². The van der Waals surface area contributed by atoms with E-state index in [1.165, 1.54) is 0 Å². The normalized spacial score (nSPS) is 11.6. The van der Waals surface area contributed by atoms with Gasteiger partial charge in [-0.2, -0.15) is 8.42 Å². The Morgan fingerprint density at radius 2 is 1.60 bits per heavy atom. The molecule has 0 aromatic carbocycles. The van der Waals surface area contributed by atoms with Crippen LogP contribution in [0.15, 0.2) is 0 Å². The molecule has 1 N–H and O–H groups in total. The van der Waals surface area contributed by atoms with Crippen molar-refractivity contribution in [1.29, 1.82) is 0 Å². The number of hydrogen-bond acceptors (Lipinski definition) is 2. The van der Waals surface area contributed by atoms with Gasteiger partial charge in [0.25, 0.3) is 0 Å². The highest BCUT2D eigenvalue weighted by Gasteiger charge is 1.89. The van der Waals surface area contributed by atoms with Crippen molar-refractivity contribution in [2.45, 2.75) is 0 Å². The quantitative estimate of drug-likeness (QED) is 0.337. The van der Waals surface area contributed by atoms with Crippen LogP contribution in [0.5, 0.6) is 0 Å². The van der Waals surface area contributed by atoms with E-state index in [1.54, 1.807) is 0 Å². The summed E-state index contributed by atoms with van der Waals surface area (Å²) in [6.45, 7) is 0. The predicted molar refractivity (Wildman–Crippen MR) is 12.7 cm³/mol. The number of rotatable bonds is 0. The summed E-state index contributed by atoms with van der Waals surface area (Å²) in [6.07, 6.45) is 0. The zero-order chi connectivity index (χ0) is 4.50. The van der Waals surface area contributed by atoms with E-state index < -0.39 is 10.5 Å². The highest BCUT2D eigenvalue weighted by molar-refractivity contribution is 7.80. The predicted octanol–water partition coefficient (Wildman–Crippen LogP) is -0.241. The van der Waals surface area contributed by atoms with Gasteiger partial charge in [-0.25, -0.2) is 0 Å². The van der Waals surface area contributed by atoms with Crippen LogP contribution in [0.2, 0.25) is 0 Å². The third-order valence-electron chi connectivity index (χ3n) is 0. The van der Waals surface area contributed by atoms with E-state index in [9.17, 15) is 3.89 Å². The molecule has 0 fully saturated rings. The zero-order valence-electron chi connectivity index (χ0n) is 2.05. The monoisotopic (exact) mass is 99.0 g/mol. The van der Waals surface area contributed by atoms with Crippen LogP contribution in [0.25, 0.3) is 0 Å². The van der Waals surface area contributed by atoms with Gasteiger partial charge in [0.2, 0.25) is 0 Å². The van der Waals surface area contributed by atoms with Gasteiger partial charge in [-0.1, -0.05) is 3.89 Å². The Bertz CT molecular complexity index is 90.1. The molecule has 0 unspecified atom stereocenters. The van der Waals surface area contributed by atoms with Gasteiger partial charge in [-0.15, -0.1) is 0 Å². The number of hydrogen-bond donors (Lipinski definition) is 1. The summed E-state index contributed by atoms with van der Waals surface area (Å²) in [5.74, 6) is 0. The Balaban J connectivity index is 4.06. The first-order chi connectivity index (χ1) is 2.00. The fraction of sp³-hybridized carbons (Fsp3) is 0. The molecule has 0 radical (unpaired) electrons. The summed E-state index contributed by atoms with van der Waals surface area (Å²) in [4.78, 5) is 0. The van der Waals surface area contributed by atoms with Gasteiger partial charge in [0.1, 0.15) is 0 Å². The first-order valence-electron chi connectivity index (χ1n) is 0.670. The van der Waals surface area contributed by atoms with Crippen molar-refractivity contribution in [3.8, 4) is 0 Å². The van der Waals surface area contributed by atoms with Crippen molar-refractivity contribution < 1.29 is 16.9 Å². The third kappa shape index (κ3) is 508. The van der Waals surface area contributed by atoms with E-state index in [4.69, 9.17) is 13.0 Å².